The molecule has 0 aromatic heterocycles. The maximum Gasteiger partial charge on any atom is 0.328 e. The van der Waals surface area contributed by atoms with Crippen molar-refractivity contribution in [3.05, 3.63) is 71.8 Å². The molecule has 1 aliphatic heterocycles. The van der Waals surface area contributed by atoms with Crippen molar-refractivity contribution in [3.8, 4) is 0 Å². The summed E-state index contributed by atoms with van der Waals surface area (Å²) >= 11 is 0. The quantitative estimate of drug-likeness (QED) is 0.800. The second-order valence-corrected chi connectivity index (χ2v) is 6.14. The Hall–Kier alpha value is -2.59. The van der Waals surface area contributed by atoms with E-state index in [1.807, 2.05) is 30.3 Å². The van der Waals surface area contributed by atoms with Crippen LogP contribution in [0.15, 0.2) is 60.7 Å². The van der Waals surface area contributed by atoms with Gasteiger partial charge in [-0.25, -0.2) is 4.79 Å². The summed E-state index contributed by atoms with van der Waals surface area (Å²) in [6, 6.07) is 18.9. The lowest BCUT2D eigenvalue weighted by Crippen LogP contribution is -2.25. The van der Waals surface area contributed by atoms with Crippen molar-refractivity contribution < 1.29 is 9.90 Å². The zero-order valence-electron chi connectivity index (χ0n) is 13.6. The maximum atomic E-state index is 10.5. The van der Waals surface area contributed by atoms with Crippen molar-refractivity contribution >= 4 is 17.7 Å². The van der Waals surface area contributed by atoms with Crippen LogP contribution >= 0.6 is 0 Å². The number of benzene rings is 2. The van der Waals surface area contributed by atoms with Crippen LogP contribution in [-0.2, 0) is 11.3 Å². The normalized spacial score (nSPS) is 18.1. The van der Waals surface area contributed by atoms with Crippen LogP contribution in [0.4, 0.5) is 5.69 Å². The Morgan fingerprint density at radius 3 is 2.62 bits per heavy atom. The van der Waals surface area contributed by atoms with E-state index in [1.54, 1.807) is 6.08 Å². The summed E-state index contributed by atoms with van der Waals surface area (Å²) < 4.78 is 0. The van der Waals surface area contributed by atoms with Crippen LogP contribution in [0.25, 0.3) is 6.08 Å². The number of likely N-dealkylation sites (tertiary alicyclic amines) is 1. The highest BCUT2D eigenvalue weighted by Crippen LogP contribution is 2.18. The van der Waals surface area contributed by atoms with Crippen molar-refractivity contribution in [2.75, 3.05) is 18.4 Å². The van der Waals surface area contributed by atoms with Gasteiger partial charge in [-0.2, -0.15) is 0 Å². The molecule has 4 nitrogen and oxygen atoms in total. The molecule has 1 saturated heterocycles. The van der Waals surface area contributed by atoms with Crippen LogP contribution in [0, 0.1) is 0 Å². The Bertz CT molecular complexity index is 695. The molecule has 1 atom stereocenters. The molecule has 1 fully saturated rings. The molecular formula is C20H22N2O2. The smallest absolute Gasteiger partial charge is 0.328 e. The summed E-state index contributed by atoms with van der Waals surface area (Å²) in [6.45, 7) is 3.14. The fourth-order valence-corrected chi connectivity index (χ4v) is 3.03. The minimum absolute atomic E-state index is 0.453. The Morgan fingerprint density at radius 2 is 1.92 bits per heavy atom. The summed E-state index contributed by atoms with van der Waals surface area (Å²) in [5.74, 6) is -0.929. The highest BCUT2D eigenvalue weighted by molar-refractivity contribution is 5.85. The third-order valence-electron chi connectivity index (χ3n) is 4.22. The molecule has 0 bridgehead atoms. The van der Waals surface area contributed by atoms with Gasteiger partial charge in [0.25, 0.3) is 0 Å². The number of hydrogen-bond acceptors (Lipinski definition) is 3. The van der Waals surface area contributed by atoms with Crippen LogP contribution in [-0.4, -0.2) is 35.1 Å². The molecule has 2 aromatic rings. The molecule has 24 heavy (non-hydrogen) atoms. The molecule has 0 radical (unpaired) electrons. The fraction of sp³-hybridized carbons (Fsp3) is 0.250. The minimum atomic E-state index is -0.929. The Kier molecular flexibility index (Phi) is 5.29. The highest BCUT2D eigenvalue weighted by atomic mass is 16.4. The molecule has 1 heterocycles. The number of hydrogen-bond donors (Lipinski definition) is 2. The average molecular weight is 322 g/mol. The molecule has 0 aliphatic carbocycles. The predicted octanol–water partition coefficient (Wildman–Crippen LogP) is 3.47. The van der Waals surface area contributed by atoms with E-state index in [0.717, 1.165) is 43.4 Å². The maximum absolute atomic E-state index is 10.5. The first-order valence-corrected chi connectivity index (χ1v) is 8.23. The monoisotopic (exact) mass is 322 g/mol. The van der Waals surface area contributed by atoms with Gasteiger partial charge in [0.15, 0.2) is 0 Å². The van der Waals surface area contributed by atoms with Crippen molar-refractivity contribution in [1.29, 1.82) is 0 Å². The van der Waals surface area contributed by atoms with Crippen molar-refractivity contribution in [2.24, 2.45) is 0 Å². The van der Waals surface area contributed by atoms with E-state index in [2.05, 4.69) is 34.5 Å². The van der Waals surface area contributed by atoms with E-state index >= 15 is 0 Å². The van der Waals surface area contributed by atoms with Gasteiger partial charge >= 0.3 is 5.97 Å². The van der Waals surface area contributed by atoms with Gasteiger partial charge in [0, 0.05) is 37.4 Å². The molecule has 124 valence electrons. The predicted molar refractivity (Wildman–Crippen MR) is 96.9 cm³/mol. The van der Waals surface area contributed by atoms with Crippen LogP contribution < -0.4 is 5.32 Å². The first-order chi connectivity index (χ1) is 11.7. The number of carboxylic acids is 1. The number of carbonyl (C=O) groups is 1. The third-order valence-corrected chi connectivity index (χ3v) is 4.22. The van der Waals surface area contributed by atoms with Crippen LogP contribution in [0.1, 0.15) is 17.5 Å². The van der Waals surface area contributed by atoms with Crippen LogP contribution in [0.3, 0.4) is 0 Å². The Morgan fingerprint density at radius 1 is 1.17 bits per heavy atom. The lowest BCUT2D eigenvalue weighted by atomic mass is 10.1. The van der Waals surface area contributed by atoms with Crippen molar-refractivity contribution in [2.45, 2.75) is 19.0 Å². The molecule has 2 N–H and O–H groups in total. The van der Waals surface area contributed by atoms with Crippen molar-refractivity contribution in [3.63, 3.8) is 0 Å². The van der Waals surface area contributed by atoms with E-state index < -0.39 is 5.97 Å². The largest absolute Gasteiger partial charge is 0.478 e. The molecule has 3 rings (SSSR count). The van der Waals surface area contributed by atoms with E-state index in [0.29, 0.717) is 6.04 Å². The summed E-state index contributed by atoms with van der Waals surface area (Å²) in [5, 5.41) is 12.2. The van der Waals surface area contributed by atoms with Gasteiger partial charge in [0.05, 0.1) is 0 Å². The van der Waals surface area contributed by atoms with Crippen LogP contribution in [0.5, 0.6) is 0 Å². The summed E-state index contributed by atoms with van der Waals surface area (Å²) in [6.07, 6.45) is 3.89. The number of nitrogens with zero attached hydrogens (tertiary/aromatic N) is 1. The van der Waals surface area contributed by atoms with Crippen LogP contribution in [0.2, 0.25) is 0 Å². The number of aliphatic carboxylic acids is 1. The van der Waals surface area contributed by atoms with E-state index in [1.165, 1.54) is 5.56 Å². The second-order valence-electron chi connectivity index (χ2n) is 6.14. The van der Waals surface area contributed by atoms with Gasteiger partial charge in [-0.3, -0.25) is 4.90 Å². The minimum Gasteiger partial charge on any atom is -0.478 e. The molecule has 0 saturated carbocycles. The van der Waals surface area contributed by atoms with Gasteiger partial charge in [0.1, 0.15) is 0 Å². The summed E-state index contributed by atoms with van der Waals surface area (Å²) in [7, 11) is 0. The topological polar surface area (TPSA) is 52.6 Å². The zero-order chi connectivity index (χ0) is 16.8. The number of rotatable bonds is 6. The van der Waals surface area contributed by atoms with E-state index in [4.69, 9.17) is 5.11 Å². The molecule has 0 unspecified atom stereocenters. The third kappa shape index (κ3) is 4.70. The Labute approximate surface area is 142 Å². The van der Waals surface area contributed by atoms with Gasteiger partial charge in [-0.1, -0.05) is 42.5 Å². The number of carboxylic acid groups (broad SMARTS) is 1. The van der Waals surface area contributed by atoms with Gasteiger partial charge in [0.2, 0.25) is 0 Å². The lowest BCUT2D eigenvalue weighted by molar-refractivity contribution is -0.131. The van der Waals surface area contributed by atoms with Gasteiger partial charge < -0.3 is 10.4 Å². The number of anilines is 1. The highest BCUT2D eigenvalue weighted by Gasteiger charge is 2.22. The van der Waals surface area contributed by atoms with E-state index in [9.17, 15) is 4.79 Å². The second kappa shape index (κ2) is 7.79. The SMILES string of the molecule is O=C(O)C=Cc1ccc(N[C@@H]2CCN(Cc3ccccc3)C2)cc1. The molecule has 0 amide bonds. The number of nitrogens with one attached hydrogen (secondary N) is 1. The molecule has 2 aromatic carbocycles. The first-order valence-electron chi connectivity index (χ1n) is 8.23. The summed E-state index contributed by atoms with van der Waals surface area (Å²) in [4.78, 5) is 13.0. The van der Waals surface area contributed by atoms with Gasteiger partial charge in [-0.05, 0) is 35.8 Å². The Balaban J connectivity index is 1.51. The molecule has 4 heteroatoms. The first kappa shape index (κ1) is 16.3. The van der Waals surface area contributed by atoms with Gasteiger partial charge in [-0.15, -0.1) is 0 Å². The standard InChI is InChI=1S/C20H22N2O2/c23-20(24)11-8-16-6-9-18(10-7-16)21-19-12-13-22(15-19)14-17-4-2-1-3-5-17/h1-11,19,21H,12-15H2,(H,23,24)/t19-/m1/s1. The van der Waals surface area contributed by atoms with E-state index in [-0.39, 0.29) is 0 Å². The zero-order valence-corrected chi connectivity index (χ0v) is 13.6. The molecule has 0 spiro atoms. The summed E-state index contributed by atoms with van der Waals surface area (Å²) in [5.41, 5.74) is 3.32. The average Bonchev–Trinajstić information content (AvgIpc) is 3.02. The van der Waals surface area contributed by atoms with Crippen molar-refractivity contribution in [1.82, 2.24) is 4.90 Å². The molecule has 1 aliphatic rings. The fourth-order valence-electron chi connectivity index (χ4n) is 3.03. The lowest BCUT2D eigenvalue weighted by Gasteiger charge is -2.17. The molecular weight excluding hydrogens is 300 g/mol.